The van der Waals surface area contributed by atoms with E-state index in [0.717, 1.165) is 4.47 Å². The summed E-state index contributed by atoms with van der Waals surface area (Å²) in [7, 11) is 0. The monoisotopic (exact) mass is 328 g/mol. The lowest BCUT2D eigenvalue weighted by Crippen LogP contribution is -2.09. The standard InChI is InChI=1S/C12H10BrClN2O2/c1-2-18-12(17)8-5-16-11-7(10(8)15)3-6(14)4-9(11)13/h3-5H,2H2,1H3,(H2,15,16). The average Bonchev–Trinajstić information content (AvgIpc) is 2.30. The highest BCUT2D eigenvalue weighted by molar-refractivity contribution is 9.10. The molecule has 0 saturated heterocycles. The van der Waals surface area contributed by atoms with E-state index in [-0.39, 0.29) is 12.2 Å². The van der Waals surface area contributed by atoms with Gasteiger partial charge in [-0.3, -0.25) is 4.98 Å². The molecule has 2 rings (SSSR count). The maximum Gasteiger partial charge on any atom is 0.341 e. The number of halogens is 2. The predicted molar refractivity (Wildman–Crippen MR) is 74.8 cm³/mol. The SMILES string of the molecule is CCOC(=O)c1cnc2c(Br)cc(Cl)cc2c1N. The number of rotatable bonds is 2. The van der Waals surface area contributed by atoms with Gasteiger partial charge in [-0.2, -0.15) is 0 Å². The number of nitrogen functional groups attached to an aromatic ring is 1. The maximum absolute atomic E-state index is 11.7. The molecule has 1 heterocycles. The quantitative estimate of drug-likeness (QED) is 0.858. The molecule has 1 aromatic carbocycles. The molecule has 0 atom stereocenters. The van der Waals surface area contributed by atoms with E-state index in [1.807, 2.05) is 0 Å². The second-order valence-electron chi connectivity index (χ2n) is 3.59. The van der Waals surface area contributed by atoms with Gasteiger partial charge >= 0.3 is 5.97 Å². The molecule has 4 nitrogen and oxygen atoms in total. The first-order valence-corrected chi connectivity index (χ1v) is 6.42. The Kier molecular flexibility index (Phi) is 3.73. The number of anilines is 1. The summed E-state index contributed by atoms with van der Waals surface area (Å²) in [5, 5.41) is 1.14. The lowest BCUT2D eigenvalue weighted by Gasteiger charge is -2.09. The van der Waals surface area contributed by atoms with Crippen LogP contribution < -0.4 is 5.73 Å². The summed E-state index contributed by atoms with van der Waals surface area (Å²) < 4.78 is 5.64. The largest absolute Gasteiger partial charge is 0.462 e. The summed E-state index contributed by atoms with van der Waals surface area (Å²) in [4.78, 5) is 15.9. The van der Waals surface area contributed by atoms with Crippen LogP contribution in [0.15, 0.2) is 22.8 Å². The van der Waals surface area contributed by atoms with Gasteiger partial charge in [-0.15, -0.1) is 0 Å². The van der Waals surface area contributed by atoms with Gasteiger partial charge in [0.05, 0.1) is 17.8 Å². The number of fused-ring (bicyclic) bond motifs is 1. The highest BCUT2D eigenvalue weighted by Gasteiger charge is 2.15. The van der Waals surface area contributed by atoms with Crippen LogP contribution in [-0.2, 0) is 4.74 Å². The van der Waals surface area contributed by atoms with Crippen molar-refractivity contribution in [2.75, 3.05) is 12.3 Å². The molecule has 0 aliphatic heterocycles. The van der Waals surface area contributed by atoms with Crippen molar-refractivity contribution in [1.82, 2.24) is 4.98 Å². The van der Waals surface area contributed by atoms with Crippen LogP contribution in [0, 0.1) is 0 Å². The molecule has 0 aliphatic carbocycles. The third kappa shape index (κ3) is 2.28. The van der Waals surface area contributed by atoms with Crippen LogP contribution in [0.4, 0.5) is 5.69 Å². The lowest BCUT2D eigenvalue weighted by atomic mass is 10.1. The van der Waals surface area contributed by atoms with Crippen LogP contribution in [0.1, 0.15) is 17.3 Å². The van der Waals surface area contributed by atoms with Crippen molar-refractivity contribution in [3.05, 3.63) is 33.4 Å². The zero-order valence-corrected chi connectivity index (χ0v) is 11.9. The zero-order valence-electron chi connectivity index (χ0n) is 9.54. The van der Waals surface area contributed by atoms with Gasteiger partial charge in [0.1, 0.15) is 5.56 Å². The molecule has 0 bridgehead atoms. The van der Waals surface area contributed by atoms with Gasteiger partial charge in [0, 0.05) is 21.1 Å². The lowest BCUT2D eigenvalue weighted by molar-refractivity contribution is 0.0527. The van der Waals surface area contributed by atoms with Crippen LogP contribution in [0.25, 0.3) is 10.9 Å². The molecule has 0 saturated carbocycles. The average molecular weight is 330 g/mol. The van der Waals surface area contributed by atoms with Crippen LogP contribution >= 0.6 is 27.5 Å². The molecule has 94 valence electrons. The summed E-state index contributed by atoms with van der Waals surface area (Å²) in [6.07, 6.45) is 1.41. The minimum absolute atomic E-state index is 0.249. The Morgan fingerprint density at radius 1 is 1.56 bits per heavy atom. The Hall–Kier alpha value is -1.33. The number of nitrogens with zero attached hydrogens (tertiary/aromatic N) is 1. The van der Waals surface area contributed by atoms with Crippen molar-refractivity contribution in [2.24, 2.45) is 0 Å². The van der Waals surface area contributed by atoms with E-state index in [0.29, 0.717) is 21.6 Å². The van der Waals surface area contributed by atoms with Crippen molar-refractivity contribution in [1.29, 1.82) is 0 Å². The van der Waals surface area contributed by atoms with Crippen LogP contribution in [0.2, 0.25) is 5.02 Å². The number of esters is 1. The molecular weight excluding hydrogens is 320 g/mol. The van der Waals surface area contributed by atoms with Gasteiger partial charge < -0.3 is 10.5 Å². The summed E-state index contributed by atoms with van der Waals surface area (Å²) in [5.41, 5.74) is 7.19. The van der Waals surface area contributed by atoms with E-state index in [1.54, 1.807) is 19.1 Å². The molecule has 0 unspecified atom stereocenters. The van der Waals surface area contributed by atoms with Gasteiger partial charge in [0.25, 0.3) is 0 Å². The molecule has 0 spiro atoms. The fourth-order valence-electron chi connectivity index (χ4n) is 1.62. The number of benzene rings is 1. The van der Waals surface area contributed by atoms with Crippen LogP contribution in [-0.4, -0.2) is 17.6 Å². The summed E-state index contributed by atoms with van der Waals surface area (Å²) >= 11 is 9.31. The third-order valence-corrected chi connectivity index (χ3v) is 3.25. The molecule has 18 heavy (non-hydrogen) atoms. The predicted octanol–water partition coefficient (Wildman–Crippen LogP) is 3.41. The molecule has 2 N–H and O–H groups in total. The van der Waals surface area contributed by atoms with Crippen molar-refractivity contribution >= 4 is 50.1 Å². The molecule has 0 fully saturated rings. The molecule has 6 heteroatoms. The number of aromatic nitrogens is 1. The molecule has 2 aromatic rings. The van der Waals surface area contributed by atoms with Crippen molar-refractivity contribution < 1.29 is 9.53 Å². The summed E-state index contributed by atoms with van der Waals surface area (Å²) in [5.74, 6) is -0.486. The number of hydrogen-bond donors (Lipinski definition) is 1. The van der Waals surface area contributed by atoms with Crippen molar-refractivity contribution in [2.45, 2.75) is 6.92 Å². The van der Waals surface area contributed by atoms with Crippen LogP contribution in [0.3, 0.4) is 0 Å². The molecule has 1 aromatic heterocycles. The maximum atomic E-state index is 11.7. The Bertz CT molecular complexity index is 631. The highest BCUT2D eigenvalue weighted by Crippen LogP contribution is 2.31. The second kappa shape index (κ2) is 5.12. The molecule has 0 amide bonds. The van der Waals surface area contributed by atoms with E-state index in [2.05, 4.69) is 20.9 Å². The third-order valence-electron chi connectivity index (χ3n) is 2.43. The minimum Gasteiger partial charge on any atom is -0.462 e. The summed E-state index contributed by atoms with van der Waals surface area (Å²) in [6, 6.07) is 3.40. The number of carbonyl (C=O) groups is 1. The number of pyridine rings is 1. The van der Waals surface area contributed by atoms with Gasteiger partial charge in [-0.1, -0.05) is 11.6 Å². The fraction of sp³-hybridized carbons (Fsp3) is 0.167. The Labute approximate surface area is 117 Å². The molecular formula is C12H10BrClN2O2. The van der Waals surface area contributed by atoms with Gasteiger partial charge in [0.2, 0.25) is 0 Å². The molecule has 0 aliphatic rings. The second-order valence-corrected chi connectivity index (χ2v) is 4.88. The first-order valence-electron chi connectivity index (χ1n) is 5.25. The minimum atomic E-state index is -0.486. The Balaban J connectivity index is 2.67. The number of hydrogen-bond acceptors (Lipinski definition) is 4. The van der Waals surface area contributed by atoms with Gasteiger partial charge in [0.15, 0.2) is 0 Å². The van der Waals surface area contributed by atoms with Crippen molar-refractivity contribution in [3.8, 4) is 0 Å². The van der Waals surface area contributed by atoms with E-state index in [9.17, 15) is 4.79 Å². The normalized spacial score (nSPS) is 10.6. The van der Waals surface area contributed by atoms with Crippen molar-refractivity contribution in [3.63, 3.8) is 0 Å². The number of carbonyl (C=O) groups excluding carboxylic acids is 1. The Morgan fingerprint density at radius 2 is 2.28 bits per heavy atom. The van der Waals surface area contributed by atoms with E-state index in [1.165, 1.54) is 6.20 Å². The summed E-state index contributed by atoms with van der Waals surface area (Å²) in [6.45, 7) is 2.02. The topological polar surface area (TPSA) is 65.2 Å². The zero-order chi connectivity index (χ0) is 13.3. The fourth-order valence-corrected chi connectivity index (χ4v) is 2.53. The van der Waals surface area contributed by atoms with E-state index >= 15 is 0 Å². The van der Waals surface area contributed by atoms with Gasteiger partial charge in [-0.25, -0.2) is 4.79 Å². The molecule has 0 radical (unpaired) electrons. The smallest absolute Gasteiger partial charge is 0.341 e. The van der Waals surface area contributed by atoms with Gasteiger partial charge in [-0.05, 0) is 35.0 Å². The first kappa shape index (κ1) is 13.1. The van der Waals surface area contributed by atoms with E-state index in [4.69, 9.17) is 22.1 Å². The Morgan fingerprint density at radius 3 is 2.94 bits per heavy atom. The van der Waals surface area contributed by atoms with Crippen LogP contribution in [0.5, 0.6) is 0 Å². The first-order chi connectivity index (χ1) is 8.54. The highest BCUT2D eigenvalue weighted by atomic mass is 79.9. The van der Waals surface area contributed by atoms with E-state index < -0.39 is 5.97 Å². The number of ether oxygens (including phenoxy) is 1. The number of nitrogens with two attached hydrogens (primary N) is 1.